The average molecular weight is 619 g/mol. The van der Waals surface area contributed by atoms with Crippen molar-refractivity contribution in [1.82, 2.24) is 0 Å². The topological polar surface area (TPSA) is 18.5 Å². The Morgan fingerprint density at radius 1 is 0.810 bits per heavy atom. The van der Waals surface area contributed by atoms with E-state index in [4.69, 9.17) is 8.85 Å². The molecule has 0 N–H and O–H groups in total. The van der Waals surface area contributed by atoms with Crippen LogP contribution in [0.4, 0.5) is 0 Å². The largest absolute Gasteiger partial charge is 0.417 e. The molecule has 2 nitrogen and oxygen atoms in total. The SMILES string of the molecule is CC(=C=CC(CCC#C[Si](C)(C)C)O[Si](c1ccccc1)(c1ccccc1)C(C)(C)C)CCCO[Si](C)(C)C(C)(C)C. The van der Waals surface area contributed by atoms with Crippen molar-refractivity contribution in [3.8, 4) is 11.5 Å². The van der Waals surface area contributed by atoms with Crippen LogP contribution < -0.4 is 10.4 Å². The molecule has 0 radical (unpaired) electrons. The highest BCUT2D eigenvalue weighted by Gasteiger charge is 2.51. The first-order valence-corrected chi connectivity index (χ1v) is 24.1. The third-order valence-electron chi connectivity index (χ3n) is 8.24. The van der Waals surface area contributed by atoms with Crippen LogP contribution in [0.15, 0.2) is 78.0 Å². The van der Waals surface area contributed by atoms with E-state index in [-0.39, 0.29) is 16.2 Å². The van der Waals surface area contributed by atoms with Crippen LogP contribution in [-0.4, -0.2) is 37.4 Å². The summed E-state index contributed by atoms with van der Waals surface area (Å²) in [6, 6.07) is 21.8. The second-order valence-corrected chi connectivity index (χ2v) is 29.0. The van der Waals surface area contributed by atoms with Crippen LogP contribution in [0, 0.1) is 11.5 Å². The number of hydrogen-bond donors (Lipinski definition) is 0. The molecule has 1 atom stereocenters. The highest BCUT2D eigenvalue weighted by molar-refractivity contribution is 6.99. The molecule has 2 rings (SSSR count). The highest BCUT2D eigenvalue weighted by Crippen LogP contribution is 2.38. The molecular formula is C37H58O2Si3. The van der Waals surface area contributed by atoms with Crippen LogP contribution in [0.25, 0.3) is 0 Å². The second-order valence-electron chi connectivity index (χ2n) is 15.2. The fourth-order valence-corrected chi connectivity index (χ4v) is 11.2. The molecule has 0 aliphatic heterocycles. The standard InChI is InChI=1S/C37H58O2Si3/c1-32(22-21-30-38-41(11,12)36(2,3)4)28-29-33(23-19-20-31-40(8,9)10)39-42(37(5,6)7,34-24-15-13-16-25-34)35-26-17-14-18-27-35/h13-18,24-27,29,33H,19,21-23,30H2,1-12H3. The first kappa shape index (κ1) is 36.3. The summed E-state index contributed by atoms with van der Waals surface area (Å²) in [5.74, 6) is 3.50. The van der Waals surface area contributed by atoms with E-state index < -0.39 is 24.7 Å². The summed E-state index contributed by atoms with van der Waals surface area (Å²) in [5, 5.41) is 2.77. The zero-order valence-electron chi connectivity index (χ0n) is 28.8. The summed E-state index contributed by atoms with van der Waals surface area (Å²) >= 11 is 0. The molecular weight excluding hydrogens is 561 g/mol. The van der Waals surface area contributed by atoms with Crippen molar-refractivity contribution in [3.63, 3.8) is 0 Å². The normalized spacial score (nSPS) is 13.5. The van der Waals surface area contributed by atoms with Crippen molar-refractivity contribution in [1.29, 1.82) is 0 Å². The predicted molar refractivity (Wildman–Crippen MR) is 193 cm³/mol. The van der Waals surface area contributed by atoms with E-state index in [0.717, 1.165) is 32.3 Å². The molecule has 2 aromatic carbocycles. The second kappa shape index (κ2) is 15.2. The molecule has 0 aliphatic carbocycles. The Kier molecular flexibility index (Phi) is 13.1. The molecule has 0 amide bonds. The van der Waals surface area contributed by atoms with Crippen molar-refractivity contribution in [3.05, 3.63) is 78.0 Å². The minimum Gasteiger partial charge on any atom is -0.417 e. The zero-order valence-corrected chi connectivity index (χ0v) is 31.8. The number of hydrogen-bond acceptors (Lipinski definition) is 2. The first-order chi connectivity index (χ1) is 19.4. The van der Waals surface area contributed by atoms with Gasteiger partial charge in [-0.05, 0) is 71.4 Å². The summed E-state index contributed by atoms with van der Waals surface area (Å²) in [4.78, 5) is 0. The van der Waals surface area contributed by atoms with Crippen LogP contribution in [0.2, 0.25) is 42.8 Å². The van der Waals surface area contributed by atoms with Gasteiger partial charge in [-0.25, -0.2) is 0 Å². The minimum absolute atomic E-state index is 0.0777. The van der Waals surface area contributed by atoms with E-state index in [9.17, 15) is 0 Å². The Bertz CT molecular complexity index is 1190. The van der Waals surface area contributed by atoms with Gasteiger partial charge >= 0.3 is 0 Å². The molecule has 230 valence electrons. The van der Waals surface area contributed by atoms with E-state index in [1.807, 2.05) is 0 Å². The summed E-state index contributed by atoms with van der Waals surface area (Å²) in [6.07, 6.45) is 5.79. The number of rotatable bonds is 12. The van der Waals surface area contributed by atoms with E-state index in [0.29, 0.717) is 0 Å². The van der Waals surface area contributed by atoms with Crippen molar-refractivity contribution >= 4 is 35.1 Å². The maximum Gasteiger partial charge on any atom is 0.261 e. The quantitative estimate of drug-likeness (QED) is 0.102. The van der Waals surface area contributed by atoms with E-state index in [1.165, 1.54) is 15.9 Å². The van der Waals surface area contributed by atoms with Crippen LogP contribution >= 0.6 is 0 Å². The molecule has 2 aromatic rings. The van der Waals surface area contributed by atoms with Gasteiger partial charge in [-0.3, -0.25) is 0 Å². The van der Waals surface area contributed by atoms with Gasteiger partial charge in [0.1, 0.15) is 8.07 Å². The van der Waals surface area contributed by atoms with Crippen molar-refractivity contribution in [2.24, 2.45) is 0 Å². The Morgan fingerprint density at radius 2 is 1.33 bits per heavy atom. The molecule has 0 aliphatic rings. The van der Waals surface area contributed by atoms with E-state index in [1.54, 1.807) is 0 Å². The van der Waals surface area contributed by atoms with Crippen LogP contribution in [0.3, 0.4) is 0 Å². The summed E-state index contributed by atoms with van der Waals surface area (Å²) < 4.78 is 13.9. The van der Waals surface area contributed by atoms with Gasteiger partial charge in [-0.1, -0.05) is 122 Å². The van der Waals surface area contributed by atoms with Gasteiger partial charge in [0.2, 0.25) is 0 Å². The molecule has 0 bridgehead atoms. The van der Waals surface area contributed by atoms with Gasteiger partial charge in [0, 0.05) is 13.0 Å². The Labute approximate surface area is 262 Å². The fourth-order valence-electron chi connectivity index (χ4n) is 4.83. The van der Waals surface area contributed by atoms with Crippen molar-refractivity contribution in [2.75, 3.05) is 6.61 Å². The van der Waals surface area contributed by atoms with Crippen LogP contribution in [0.1, 0.15) is 74.1 Å². The minimum atomic E-state index is -2.69. The smallest absolute Gasteiger partial charge is 0.261 e. The van der Waals surface area contributed by atoms with Gasteiger partial charge in [0.25, 0.3) is 8.32 Å². The molecule has 42 heavy (non-hydrogen) atoms. The van der Waals surface area contributed by atoms with Gasteiger partial charge in [-0.2, -0.15) is 0 Å². The van der Waals surface area contributed by atoms with E-state index >= 15 is 0 Å². The fraction of sp³-hybridized carbons (Fsp3) is 0.541. The first-order valence-electron chi connectivity index (χ1n) is 15.7. The van der Waals surface area contributed by atoms with Gasteiger partial charge < -0.3 is 8.85 Å². The van der Waals surface area contributed by atoms with Crippen molar-refractivity contribution < 1.29 is 8.85 Å². The van der Waals surface area contributed by atoms with E-state index in [2.05, 4.69) is 165 Å². The average Bonchev–Trinajstić information content (AvgIpc) is 2.89. The van der Waals surface area contributed by atoms with Crippen LogP contribution in [-0.2, 0) is 8.85 Å². The molecule has 0 saturated carbocycles. The van der Waals surface area contributed by atoms with Crippen LogP contribution in [0.5, 0.6) is 0 Å². The Morgan fingerprint density at radius 3 is 1.79 bits per heavy atom. The summed E-state index contributed by atoms with van der Waals surface area (Å²) in [7, 11) is -5.83. The Balaban J connectivity index is 2.44. The maximum absolute atomic E-state index is 7.50. The molecule has 0 heterocycles. The lowest BCUT2D eigenvalue weighted by molar-refractivity contribution is 0.225. The number of benzene rings is 2. The van der Waals surface area contributed by atoms with Gasteiger partial charge in [0.05, 0.1) is 6.10 Å². The Hall–Kier alpha value is -1.91. The zero-order chi connectivity index (χ0) is 31.7. The van der Waals surface area contributed by atoms with Crippen molar-refractivity contribution in [2.45, 2.75) is 123 Å². The van der Waals surface area contributed by atoms with Gasteiger partial charge in [-0.15, -0.1) is 17.2 Å². The third kappa shape index (κ3) is 10.7. The molecule has 1 unspecified atom stereocenters. The van der Waals surface area contributed by atoms with Gasteiger partial charge in [0.15, 0.2) is 8.32 Å². The molecule has 5 heteroatoms. The molecule has 0 spiro atoms. The third-order valence-corrected chi connectivity index (χ3v) is 18.8. The molecule has 0 fully saturated rings. The summed E-state index contributed by atoms with van der Waals surface area (Å²) in [6.45, 7) is 28.5. The lowest BCUT2D eigenvalue weighted by Gasteiger charge is -2.44. The lowest BCUT2D eigenvalue weighted by atomic mass is 10.1. The summed E-state index contributed by atoms with van der Waals surface area (Å²) in [5.41, 5.74) is 8.45. The highest BCUT2D eigenvalue weighted by atomic mass is 28.4. The molecule has 0 saturated heterocycles. The lowest BCUT2D eigenvalue weighted by Crippen LogP contribution is -2.67. The maximum atomic E-state index is 7.50. The monoisotopic (exact) mass is 618 g/mol. The predicted octanol–water partition coefficient (Wildman–Crippen LogP) is 9.50. The molecule has 0 aromatic heterocycles.